The Hall–Kier alpha value is -2.46. The van der Waals surface area contributed by atoms with Gasteiger partial charge in [-0.15, -0.1) is 0 Å². The molecule has 1 N–H and O–H groups in total. The number of rotatable bonds is 6. The van der Waals surface area contributed by atoms with Crippen LogP contribution in [0, 0.1) is 6.92 Å². The Morgan fingerprint density at radius 2 is 1.70 bits per heavy atom. The van der Waals surface area contributed by atoms with Crippen LogP contribution < -0.4 is 10.2 Å². The minimum Gasteiger partial charge on any atom is -0.308 e. The summed E-state index contributed by atoms with van der Waals surface area (Å²) in [5.41, 5.74) is 2.80. The number of nitrogens with one attached hydrogen (secondary N) is 1. The number of nitrogens with zero attached hydrogens (tertiary/aromatic N) is 1. The molecule has 2 amide bonds. The number of anilines is 1. The molecule has 0 saturated carbocycles. The summed E-state index contributed by atoms with van der Waals surface area (Å²) in [4.78, 5) is 25.5. The van der Waals surface area contributed by atoms with Crippen molar-refractivity contribution < 1.29 is 9.59 Å². The average Bonchev–Trinajstić information content (AvgIpc) is 2.57. The second kappa shape index (κ2) is 7.70. The van der Waals surface area contributed by atoms with Crippen LogP contribution >= 0.6 is 0 Å². The van der Waals surface area contributed by atoms with Crippen molar-refractivity contribution in [2.45, 2.75) is 25.8 Å². The van der Waals surface area contributed by atoms with Gasteiger partial charge in [-0.2, -0.15) is 0 Å². The van der Waals surface area contributed by atoms with Crippen LogP contribution in [0.3, 0.4) is 0 Å². The first-order chi connectivity index (χ1) is 11.1. The van der Waals surface area contributed by atoms with E-state index in [0.29, 0.717) is 12.1 Å². The van der Waals surface area contributed by atoms with Crippen molar-refractivity contribution in [3.8, 4) is 0 Å². The van der Waals surface area contributed by atoms with Crippen LogP contribution in [0.25, 0.3) is 0 Å². The van der Waals surface area contributed by atoms with Gasteiger partial charge in [0.05, 0.1) is 11.7 Å². The molecule has 0 spiro atoms. The van der Waals surface area contributed by atoms with Crippen LogP contribution in [0.5, 0.6) is 0 Å². The van der Waals surface area contributed by atoms with E-state index in [4.69, 9.17) is 0 Å². The molecule has 0 saturated heterocycles. The Balaban J connectivity index is 2.30. The van der Waals surface area contributed by atoms with Crippen LogP contribution in [0.15, 0.2) is 54.6 Å². The highest BCUT2D eigenvalue weighted by Crippen LogP contribution is 2.25. The van der Waals surface area contributed by atoms with Gasteiger partial charge in [0.1, 0.15) is 0 Å². The summed E-state index contributed by atoms with van der Waals surface area (Å²) in [7, 11) is 1.74. The minimum absolute atomic E-state index is 0.0557. The zero-order valence-corrected chi connectivity index (χ0v) is 13.7. The van der Waals surface area contributed by atoms with Crippen molar-refractivity contribution in [3.63, 3.8) is 0 Å². The molecule has 2 atom stereocenters. The summed E-state index contributed by atoms with van der Waals surface area (Å²) in [6, 6.07) is 16.5. The molecule has 2 rings (SSSR count). The van der Waals surface area contributed by atoms with E-state index in [-0.39, 0.29) is 11.8 Å². The number of benzene rings is 2. The SMILES string of the molecule is CNC(C(=O)N(C=O)c1ccccc1)C(C)c1ccccc1C. The highest BCUT2D eigenvalue weighted by atomic mass is 16.2. The van der Waals surface area contributed by atoms with Crippen molar-refractivity contribution in [3.05, 3.63) is 65.7 Å². The molecule has 2 aromatic rings. The highest BCUT2D eigenvalue weighted by molar-refractivity contribution is 6.09. The highest BCUT2D eigenvalue weighted by Gasteiger charge is 2.30. The number of amides is 2. The summed E-state index contributed by atoms with van der Waals surface area (Å²) >= 11 is 0. The van der Waals surface area contributed by atoms with Crippen molar-refractivity contribution in [1.29, 1.82) is 0 Å². The molecule has 2 unspecified atom stereocenters. The largest absolute Gasteiger partial charge is 0.308 e. The van der Waals surface area contributed by atoms with Crippen LogP contribution in [0.4, 0.5) is 5.69 Å². The number of hydrogen-bond donors (Lipinski definition) is 1. The van der Waals surface area contributed by atoms with Crippen LogP contribution in [0.1, 0.15) is 24.0 Å². The summed E-state index contributed by atoms with van der Waals surface area (Å²) in [6.07, 6.45) is 0.576. The molecule has 0 aliphatic rings. The Bertz CT molecular complexity index is 670. The van der Waals surface area contributed by atoms with Gasteiger partial charge in [0.15, 0.2) is 0 Å². The molecule has 0 radical (unpaired) electrons. The van der Waals surface area contributed by atoms with Gasteiger partial charge in [0.25, 0.3) is 5.91 Å². The van der Waals surface area contributed by atoms with Crippen molar-refractivity contribution >= 4 is 18.0 Å². The molecule has 23 heavy (non-hydrogen) atoms. The normalized spacial score (nSPS) is 13.2. The van der Waals surface area contributed by atoms with Gasteiger partial charge in [0, 0.05) is 5.92 Å². The van der Waals surface area contributed by atoms with Gasteiger partial charge in [0.2, 0.25) is 6.41 Å². The lowest BCUT2D eigenvalue weighted by molar-refractivity contribution is -0.123. The van der Waals surface area contributed by atoms with Crippen LogP contribution in [-0.4, -0.2) is 25.4 Å². The summed E-state index contributed by atoms with van der Waals surface area (Å²) in [5, 5.41) is 3.06. The second-order valence-electron chi connectivity index (χ2n) is 5.56. The van der Waals surface area contributed by atoms with Crippen molar-refractivity contribution in [1.82, 2.24) is 5.32 Å². The maximum Gasteiger partial charge on any atom is 0.251 e. The topological polar surface area (TPSA) is 49.4 Å². The molecule has 2 aromatic carbocycles. The first-order valence-electron chi connectivity index (χ1n) is 7.66. The summed E-state index contributed by atoms with van der Waals surface area (Å²) in [5.74, 6) is -0.315. The number of carbonyl (C=O) groups excluding carboxylic acids is 2. The molecule has 0 fully saturated rings. The molecule has 0 aliphatic carbocycles. The third-order valence-corrected chi connectivity index (χ3v) is 4.13. The number of carbonyl (C=O) groups is 2. The minimum atomic E-state index is -0.485. The molecular weight excluding hydrogens is 288 g/mol. The van der Waals surface area contributed by atoms with E-state index < -0.39 is 6.04 Å². The maximum absolute atomic E-state index is 12.9. The van der Waals surface area contributed by atoms with Gasteiger partial charge in [-0.1, -0.05) is 49.4 Å². The zero-order valence-electron chi connectivity index (χ0n) is 13.7. The van der Waals surface area contributed by atoms with E-state index in [0.717, 1.165) is 16.0 Å². The smallest absolute Gasteiger partial charge is 0.251 e. The quantitative estimate of drug-likeness (QED) is 0.835. The van der Waals surface area contributed by atoms with Gasteiger partial charge >= 0.3 is 0 Å². The number of likely N-dealkylation sites (N-methyl/N-ethyl adjacent to an activating group) is 1. The lowest BCUT2D eigenvalue weighted by Crippen LogP contribution is -2.47. The van der Waals surface area contributed by atoms with E-state index in [9.17, 15) is 9.59 Å². The third-order valence-electron chi connectivity index (χ3n) is 4.13. The number of para-hydroxylation sites is 1. The standard InChI is InChI=1S/C19H22N2O2/c1-14-9-7-8-12-17(14)15(2)18(20-3)19(23)21(13-22)16-10-5-4-6-11-16/h4-13,15,18,20H,1-3H3. The summed E-state index contributed by atoms with van der Waals surface area (Å²) in [6.45, 7) is 4.02. The molecule has 120 valence electrons. The summed E-state index contributed by atoms with van der Waals surface area (Å²) < 4.78 is 0. The fourth-order valence-electron chi connectivity index (χ4n) is 2.84. The van der Waals surface area contributed by atoms with E-state index in [1.165, 1.54) is 0 Å². The maximum atomic E-state index is 12.9. The average molecular weight is 310 g/mol. The molecule has 0 aromatic heterocycles. The predicted molar refractivity (Wildman–Crippen MR) is 92.4 cm³/mol. The number of aryl methyl sites for hydroxylation is 1. The lowest BCUT2D eigenvalue weighted by atomic mass is 9.89. The molecular formula is C19H22N2O2. The zero-order chi connectivity index (χ0) is 16.8. The first kappa shape index (κ1) is 16.9. The molecule has 0 heterocycles. The van der Waals surface area contributed by atoms with Crippen LogP contribution in [-0.2, 0) is 9.59 Å². The van der Waals surface area contributed by atoms with E-state index in [1.54, 1.807) is 31.3 Å². The Labute approximate surface area is 137 Å². The van der Waals surface area contributed by atoms with Crippen molar-refractivity contribution in [2.75, 3.05) is 11.9 Å². The lowest BCUT2D eigenvalue weighted by Gasteiger charge is -2.28. The molecule has 0 bridgehead atoms. The Morgan fingerprint density at radius 3 is 2.26 bits per heavy atom. The second-order valence-corrected chi connectivity index (χ2v) is 5.56. The van der Waals surface area contributed by atoms with Gasteiger partial charge in [-0.25, -0.2) is 0 Å². The van der Waals surface area contributed by atoms with E-state index in [2.05, 4.69) is 5.32 Å². The Kier molecular flexibility index (Phi) is 5.66. The third kappa shape index (κ3) is 3.66. The van der Waals surface area contributed by atoms with E-state index in [1.807, 2.05) is 44.2 Å². The first-order valence-corrected chi connectivity index (χ1v) is 7.66. The molecule has 4 nitrogen and oxygen atoms in total. The van der Waals surface area contributed by atoms with E-state index >= 15 is 0 Å². The van der Waals surface area contributed by atoms with Crippen molar-refractivity contribution in [2.24, 2.45) is 0 Å². The van der Waals surface area contributed by atoms with Gasteiger partial charge in [-0.05, 0) is 37.2 Å². The van der Waals surface area contributed by atoms with Gasteiger partial charge < -0.3 is 5.32 Å². The fourth-order valence-corrected chi connectivity index (χ4v) is 2.84. The predicted octanol–water partition coefficient (Wildman–Crippen LogP) is 2.88. The number of imide groups is 1. The Morgan fingerprint density at radius 1 is 1.09 bits per heavy atom. The monoisotopic (exact) mass is 310 g/mol. The van der Waals surface area contributed by atoms with Crippen LogP contribution in [0.2, 0.25) is 0 Å². The van der Waals surface area contributed by atoms with Gasteiger partial charge in [-0.3, -0.25) is 14.5 Å². The molecule has 0 aliphatic heterocycles. The number of hydrogen-bond acceptors (Lipinski definition) is 3. The molecule has 4 heteroatoms. The fraction of sp³-hybridized carbons (Fsp3) is 0.263.